The lowest BCUT2D eigenvalue weighted by Crippen LogP contribution is -2.24. The molecule has 0 aliphatic rings. The van der Waals surface area contributed by atoms with Crippen molar-refractivity contribution in [2.24, 2.45) is 0 Å². The SMILES string of the molecule is c1ccc(Oc2ccccc2P(c2ccccc2Oc2ccccc2)c2ccccc2Oc2ccccc2)cc1. The quantitative estimate of drug-likeness (QED) is 0.172. The molecule has 194 valence electrons. The van der Waals surface area contributed by atoms with Crippen LogP contribution in [0.5, 0.6) is 34.5 Å². The van der Waals surface area contributed by atoms with E-state index in [0.29, 0.717) is 0 Å². The van der Waals surface area contributed by atoms with Gasteiger partial charge in [0.1, 0.15) is 34.5 Å². The maximum atomic E-state index is 6.48. The summed E-state index contributed by atoms with van der Waals surface area (Å²) in [6.45, 7) is 0. The highest BCUT2D eigenvalue weighted by Crippen LogP contribution is 2.44. The molecule has 6 aromatic carbocycles. The lowest BCUT2D eigenvalue weighted by Gasteiger charge is -2.25. The summed E-state index contributed by atoms with van der Waals surface area (Å²) < 4.78 is 19.5. The van der Waals surface area contributed by atoms with E-state index >= 15 is 0 Å². The summed E-state index contributed by atoms with van der Waals surface area (Å²) in [5, 5.41) is 3.19. The van der Waals surface area contributed by atoms with Gasteiger partial charge in [-0.15, -0.1) is 0 Å². The van der Waals surface area contributed by atoms with E-state index in [1.807, 2.05) is 127 Å². The molecular weight excluding hydrogens is 511 g/mol. The summed E-state index contributed by atoms with van der Waals surface area (Å²) in [7, 11) is -1.17. The average Bonchev–Trinajstić information content (AvgIpc) is 3.01. The van der Waals surface area contributed by atoms with Crippen molar-refractivity contribution in [3.63, 3.8) is 0 Å². The van der Waals surface area contributed by atoms with Crippen LogP contribution >= 0.6 is 7.92 Å². The van der Waals surface area contributed by atoms with Crippen molar-refractivity contribution in [2.75, 3.05) is 0 Å². The third-order valence-corrected chi connectivity index (χ3v) is 8.79. The first kappa shape index (κ1) is 25.4. The zero-order chi connectivity index (χ0) is 27.0. The van der Waals surface area contributed by atoms with E-state index in [0.717, 1.165) is 50.4 Å². The first-order chi connectivity index (χ1) is 19.8. The molecule has 0 saturated heterocycles. The fourth-order valence-electron chi connectivity index (χ4n) is 4.42. The van der Waals surface area contributed by atoms with Crippen LogP contribution < -0.4 is 30.1 Å². The zero-order valence-corrected chi connectivity index (χ0v) is 22.7. The monoisotopic (exact) mass is 538 g/mol. The van der Waals surface area contributed by atoms with Crippen LogP contribution in [0.2, 0.25) is 0 Å². The second-order valence-electron chi connectivity index (χ2n) is 8.98. The van der Waals surface area contributed by atoms with Crippen molar-refractivity contribution in [2.45, 2.75) is 0 Å². The van der Waals surface area contributed by atoms with Crippen molar-refractivity contribution < 1.29 is 14.2 Å². The summed E-state index contributed by atoms with van der Waals surface area (Å²) in [5.41, 5.74) is 0. The highest BCUT2D eigenvalue weighted by atomic mass is 31.1. The zero-order valence-electron chi connectivity index (χ0n) is 21.8. The summed E-state index contributed by atoms with van der Waals surface area (Å²) >= 11 is 0. The second-order valence-corrected chi connectivity index (χ2v) is 11.1. The minimum atomic E-state index is -1.17. The normalized spacial score (nSPS) is 10.7. The van der Waals surface area contributed by atoms with Gasteiger partial charge < -0.3 is 14.2 Å². The summed E-state index contributed by atoms with van der Waals surface area (Å²) in [6.07, 6.45) is 0. The minimum Gasteiger partial charge on any atom is -0.457 e. The number of rotatable bonds is 9. The van der Waals surface area contributed by atoms with Crippen molar-refractivity contribution in [3.05, 3.63) is 164 Å². The Kier molecular flexibility index (Phi) is 7.84. The summed E-state index contributed by atoms with van der Waals surface area (Å²) in [5.74, 6) is 4.74. The fourth-order valence-corrected chi connectivity index (χ4v) is 6.93. The predicted octanol–water partition coefficient (Wildman–Crippen LogP) is 8.82. The van der Waals surface area contributed by atoms with Gasteiger partial charge in [-0.05, 0) is 62.5 Å². The Balaban J connectivity index is 1.52. The van der Waals surface area contributed by atoms with Crippen LogP contribution in [0.1, 0.15) is 0 Å². The summed E-state index contributed by atoms with van der Waals surface area (Å²) in [6, 6.07) is 54.4. The van der Waals surface area contributed by atoms with E-state index in [1.165, 1.54) is 0 Å². The van der Waals surface area contributed by atoms with E-state index in [4.69, 9.17) is 14.2 Å². The topological polar surface area (TPSA) is 27.7 Å². The van der Waals surface area contributed by atoms with Gasteiger partial charge >= 0.3 is 0 Å². The van der Waals surface area contributed by atoms with Crippen LogP contribution in [0.3, 0.4) is 0 Å². The van der Waals surface area contributed by atoms with Gasteiger partial charge in [-0.2, -0.15) is 0 Å². The number of para-hydroxylation sites is 6. The van der Waals surface area contributed by atoms with E-state index in [1.54, 1.807) is 0 Å². The van der Waals surface area contributed by atoms with Gasteiger partial charge in [0.15, 0.2) is 0 Å². The molecule has 0 amide bonds. The largest absolute Gasteiger partial charge is 0.457 e. The molecule has 0 spiro atoms. The van der Waals surface area contributed by atoms with Crippen molar-refractivity contribution >= 4 is 23.8 Å². The predicted molar refractivity (Wildman–Crippen MR) is 165 cm³/mol. The Labute approximate surface area is 236 Å². The Morgan fingerprint density at radius 2 is 0.525 bits per heavy atom. The Morgan fingerprint density at radius 1 is 0.275 bits per heavy atom. The van der Waals surface area contributed by atoms with Gasteiger partial charge in [0, 0.05) is 15.9 Å². The molecule has 0 radical (unpaired) electrons. The van der Waals surface area contributed by atoms with Crippen LogP contribution in [0.25, 0.3) is 0 Å². The highest BCUT2D eigenvalue weighted by molar-refractivity contribution is 7.80. The third-order valence-electron chi connectivity index (χ3n) is 6.23. The first-order valence-corrected chi connectivity index (χ1v) is 14.5. The lowest BCUT2D eigenvalue weighted by molar-refractivity contribution is 0.485. The average molecular weight is 539 g/mol. The molecule has 0 aromatic heterocycles. The van der Waals surface area contributed by atoms with Crippen LogP contribution in [0.15, 0.2) is 164 Å². The molecular formula is C36H27O3P. The van der Waals surface area contributed by atoms with Gasteiger partial charge in [0.25, 0.3) is 0 Å². The Morgan fingerprint density at radius 3 is 0.825 bits per heavy atom. The smallest absolute Gasteiger partial charge is 0.135 e. The van der Waals surface area contributed by atoms with Crippen LogP contribution in [0, 0.1) is 0 Å². The Hall–Kier alpha value is -4.85. The first-order valence-electron chi connectivity index (χ1n) is 13.1. The molecule has 0 aliphatic heterocycles. The highest BCUT2D eigenvalue weighted by Gasteiger charge is 2.27. The number of hydrogen-bond acceptors (Lipinski definition) is 3. The van der Waals surface area contributed by atoms with Crippen molar-refractivity contribution in [1.82, 2.24) is 0 Å². The van der Waals surface area contributed by atoms with Gasteiger partial charge in [-0.25, -0.2) is 0 Å². The fraction of sp³-hybridized carbons (Fsp3) is 0. The Bertz CT molecular complexity index is 1470. The van der Waals surface area contributed by atoms with Gasteiger partial charge in [0.2, 0.25) is 0 Å². The van der Waals surface area contributed by atoms with Gasteiger partial charge in [-0.1, -0.05) is 109 Å². The van der Waals surface area contributed by atoms with Gasteiger partial charge in [0.05, 0.1) is 0 Å². The minimum absolute atomic E-state index is 0.785. The number of benzene rings is 6. The molecule has 0 aliphatic carbocycles. The molecule has 0 bridgehead atoms. The molecule has 4 heteroatoms. The van der Waals surface area contributed by atoms with Crippen LogP contribution in [-0.2, 0) is 0 Å². The maximum absolute atomic E-state index is 6.48. The second kappa shape index (κ2) is 12.3. The number of hydrogen-bond donors (Lipinski definition) is 0. The van der Waals surface area contributed by atoms with E-state index in [-0.39, 0.29) is 0 Å². The molecule has 0 heterocycles. The van der Waals surface area contributed by atoms with Crippen molar-refractivity contribution in [1.29, 1.82) is 0 Å². The van der Waals surface area contributed by atoms with E-state index < -0.39 is 7.92 Å². The van der Waals surface area contributed by atoms with Gasteiger partial charge in [-0.3, -0.25) is 0 Å². The maximum Gasteiger partial charge on any atom is 0.135 e. The van der Waals surface area contributed by atoms with Crippen LogP contribution in [0.4, 0.5) is 0 Å². The molecule has 0 N–H and O–H groups in total. The molecule has 6 aromatic rings. The summed E-state index contributed by atoms with van der Waals surface area (Å²) in [4.78, 5) is 0. The standard InChI is InChI=1S/C36H27O3P/c1-4-16-28(17-5-1)37-31-22-10-13-25-34(31)40(35-26-14-11-23-32(35)38-29-18-6-2-7-19-29)36-27-15-12-24-33(36)39-30-20-8-3-9-21-30/h1-27H. The van der Waals surface area contributed by atoms with E-state index in [9.17, 15) is 0 Å². The molecule has 0 atom stereocenters. The van der Waals surface area contributed by atoms with Crippen LogP contribution in [-0.4, -0.2) is 0 Å². The molecule has 3 nitrogen and oxygen atoms in total. The molecule has 0 fully saturated rings. The van der Waals surface area contributed by atoms with Crippen molar-refractivity contribution in [3.8, 4) is 34.5 Å². The molecule has 6 rings (SSSR count). The molecule has 0 unspecified atom stereocenters. The third kappa shape index (κ3) is 5.91. The lowest BCUT2D eigenvalue weighted by atomic mass is 10.3. The van der Waals surface area contributed by atoms with E-state index in [2.05, 4.69) is 36.4 Å². The molecule has 40 heavy (non-hydrogen) atoms. The number of ether oxygens (including phenoxy) is 3. The molecule has 0 saturated carbocycles.